The Kier molecular flexibility index (Phi) is 6.42. The van der Waals surface area contributed by atoms with E-state index >= 15 is 0 Å². The molecule has 0 saturated carbocycles. The first kappa shape index (κ1) is 21.4. The lowest BCUT2D eigenvalue weighted by Gasteiger charge is -2.19. The van der Waals surface area contributed by atoms with Crippen LogP contribution in [0.25, 0.3) is 0 Å². The minimum absolute atomic E-state index is 0.281. The first-order valence-electron chi connectivity index (χ1n) is 9.37. The van der Waals surface area contributed by atoms with Gasteiger partial charge in [0.25, 0.3) is 5.91 Å². The van der Waals surface area contributed by atoms with E-state index in [1.165, 1.54) is 0 Å². The number of nitrogens with one attached hydrogen (secondary N) is 2. The van der Waals surface area contributed by atoms with Crippen molar-refractivity contribution in [3.8, 4) is 0 Å². The van der Waals surface area contributed by atoms with Crippen LogP contribution in [-0.2, 0) is 11.3 Å². The summed E-state index contributed by atoms with van der Waals surface area (Å²) in [6, 6.07) is 15.7. The molecule has 0 aliphatic carbocycles. The highest BCUT2D eigenvalue weighted by molar-refractivity contribution is 6.30. The third-order valence-corrected chi connectivity index (χ3v) is 4.25. The average Bonchev–Trinajstić information content (AvgIpc) is 3.09. The van der Waals surface area contributed by atoms with E-state index in [4.69, 9.17) is 16.3 Å². The van der Waals surface area contributed by atoms with Gasteiger partial charge in [0.15, 0.2) is 0 Å². The number of carbonyl (C=O) groups excluding carboxylic acids is 2. The largest absolute Gasteiger partial charge is 0.444 e. The quantitative estimate of drug-likeness (QED) is 0.588. The van der Waals surface area contributed by atoms with E-state index in [2.05, 4.69) is 15.7 Å². The second-order valence-corrected chi connectivity index (χ2v) is 8.10. The predicted molar refractivity (Wildman–Crippen MR) is 117 cm³/mol. The SMILES string of the molecule is CC(C)(C)OC(=O)Nc1ccc(C(=O)Nc2ccnn2Cc2ccc(Cl)cc2)cc1. The molecule has 0 radical (unpaired) electrons. The zero-order valence-electron chi connectivity index (χ0n) is 17.0. The van der Waals surface area contributed by atoms with Gasteiger partial charge < -0.3 is 10.1 Å². The topological polar surface area (TPSA) is 85.2 Å². The maximum Gasteiger partial charge on any atom is 0.412 e. The molecule has 0 unspecified atom stereocenters. The van der Waals surface area contributed by atoms with Crippen molar-refractivity contribution in [2.75, 3.05) is 10.6 Å². The van der Waals surface area contributed by atoms with Crippen LogP contribution in [0.2, 0.25) is 5.02 Å². The summed E-state index contributed by atoms with van der Waals surface area (Å²) >= 11 is 5.92. The van der Waals surface area contributed by atoms with Crippen molar-refractivity contribution in [3.05, 3.63) is 76.9 Å². The van der Waals surface area contributed by atoms with Crippen LogP contribution in [0.15, 0.2) is 60.8 Å². The van der Waals surface area contributed by atoms with E-state index in [1.807, 2.05) is 24.3 Å². The van der Waals surface area contributed by atoms with Crippen molar-refractivity contribution < 1.29 is 14.3 Å². The number of hydrogen-bond acceptors (Lipinski definition) is 4. The Morgan fingerprint density at radius 1 is 1.00 bits per heavy atom. The van der Waals surface area contributed by atoms with Gasteiger partial charge in [-0.1, -0.05) is 23.7 Å². The molecule has 0 aliphatic rings. The highest BCUT2D eigenvalue weighted by Gasteiger charge is 2.16. The summed E-state index contributed by atoms with van der Waals surface area (Å²) in [7, 11) is 0. The molecule has 1 heterocycles. The van der Waals surface area contributed by atoms with Gasteiger partial charge in [-0.25, -0.2) is 9.48 Å². The second kappa shape index (κ2) is 9.00. The van der Waals surface area contributed by atoms with Crippen LogP contribution in [-0.4, -0.2) is 27.4 Å². The maximum absolute atomic E-state index is 12.6. The van der Waals surface area contributed by atoms with Gasteiger partial charge in [-0.05, 0) is 62.7 Å². The Balaban J connectivity index is 1.62. The molecule has 0 saturated heterocycles. The monoisotopic (exact) mass is 426 g/mol. The third-order valence-electron chi connectivity index (χ3n) is 4.00. The molecule has 7 nitrogen and oxygen atoms in total. The number of hydrogen-bond donors (Lipinski definition) is 2. The van der Waals surface area contributed by atoms with Gasteiger partial charge in [0.1, 0.15) is 11.4 Å². The van der Waals surface area contributed by atoms with Gasteiger partial charge in [0.2, 0.25) is 0 Å². The Morgan fingerprint density at radius 2 is 1.67 bits per heavy atom. The molecule has 2 amide bonds. The van der Waals surface area contributed by atoms with Crippen molar-refractivity contribution in [1.29, 1.82) is 0 Å². The van der Waals surface area contributed by atoms with Gasteiger partial charge in [0, 0.05) is 22.3 Å². The first-order chi connectivity index (χ1) is 14.2. The molecule has 8 heteroatoms. The van der Waals surface area contributed by atoms with E-state index in [0.717, 1.165) is 5.56 Å². The number of aromatic nitrogens is 2. The first-order valence-corrected chi connectivity index (χ1v) is 9.75. The molecule has 0 bridgehead atoms. The van der Waals surface area contributed by atoms with E-state index in [0.29, 0.717) is 28.6 Å². The molecule has 2 N–H and O–H groups in total. The number of carbonyl (C=O) groups is 2. The third kappa shape index (κ3) is 6.09. The number of rotatable bonds is 5. The van der Waals surface area contributed by atoms with E-state index < -0.39 is 11.7 Å². The molecule has 3 aromatic rings. The van der Waals surface area contributed by atoms with Gasteiger partial charge in [0.05, 0.1) is 12.7 Å². The van der Waals surface area contributed by atoms with Crippen LogP contribution >= 0.6 is 11.6 Å². The Labute approximate surface area is 180 Å². The lowest BCUT2D eigenvalue weighted by Crippen LogP contribution is -2.27. The van der Waals surface area contributed by atoms with Crippen LogP contribution in [0.5, 0.6) is 0 Å². The summed E-state index contributed by atoms with van der Waals surface area (Å²) in [5, 5.41) is 10.4. The number of halogens is 1. The number of benzene rings is 2. The highest BCUT2D eigenvalue weighted by atomic mass is 35.5. The lowest BCUT2D eigenvalue weighted by atomic mass is 10.2. The predicted octanol–water partition coefficient (Wildman–Crippen LogP) is 5.18. The fraction of sp³-hybridized carbons (Fsp3) is 0.227. The second-order valence-electron chi connectivity index (χ2n) is 7.66. The smallest absolute Gasteiger partial charge is 0.412 e. The summed E-state index contributed by atoms with van der Waals surface area (Å²) in [6.07, 6.45) is 1.07. The molecule has 30 heavy (non-hydrogen) atoms. The molecule has 1 aromatic heterocycles. The average molecular weight is 427 g/mol. The number of anilines is 2. The van der Waals surface area contributed by atoms with Crippen LogP contribution in [0.4, 0.5) is 16.3 Å². The van der Waals surface area contributed by atoms with Gasteiger partial charge in [-0.15, -0.1) is 0 Å². The summed E-state index contributed by atoms with van der Waals surface area (Å²) in [4.78, 5) is 24.4. The van der Waals surface area contributed by atoms with Gasteiger partial charge in [-0.2, -0.15) is 5.10 Å². The molecule has 0 aliphatic heterocycles. The van der Waals surface area contributed by atoms with Crippen LogP contribution in [0.1, 0.15) is 36.7 Å². The molecular weight excluding hydrogens is 404 g/mol. The lowest BCUT2D eigenvalue weighted by molar-refractivity contribution is 0.0636. The van der Waals surface area contributed by atoms with E-state index in [9.17, 15) is 9.59 Å². The standard InChI is InChI=1S/C22H23ClN4O3/c1-22(2,3)30-21(29)25-18-10-6-16(7-11-18)20(28)26-19-12-13-24-27(19)14-15-4-8-17(23)9-5-15/h4-13H,14H2,1-3H3,(H,25,29)(H,26,28). The highest BCUT2D eigenvalue weighted by Crippen LogP contribution is 2.16. The van der Waals surface area contributed by atoms with E-state index in [-0.39, 0.29) is 5.91 Å². The van der Waals surface area contributed by atoms with Crippen molar-refractivity contribution in [2.24, 2.45) is 0 Å². The zero-order valence-corrected chi connectivity index (χ0v) is 17.7. The van der Waals surface area contributed by atoms with Gasteiger partial charge in [-0.3, -0.25) is 10.1 Å². The normalized spacial score (nSPS) is 11.1. The maximum atomic E-state index is 12.6. The minimum Gasteiger partial charge on any atom is -0.444 e. The molecule has 3 rings (SSSR count). The fourth-order valence-electron chi connectivity index (χ4n) is 2.64. The zero-order chi connectivity index (χ0) is 21.7. The van der Waals surface area contributed by atoms with Crippen LogP contribution < -0.4 is 10.6 Å². The number of ether oxygens (including phenoxy) is 1. The number of amides is 2. The van der Waals surface area contributed by atoms with Crippen molar-refractivity contribution in [2.45, 2.75) is 32.9 Å². The molecule has 0 spiro atoms. The van der Waals surface area contributed by atoms with Gasteiger partial charge >= 0.3 is 6.09 Å². The Hall–Kier alpha value is -3.32. The summed E-state index contributed by atoms with van der Waals surface area (Å²) in [5.41, 5.74) is 1.41. The van der Waals surface area contributed by atoms with Crippen molar-refractivity contribution in [1.82, 2.24) is 9.78 Å². The molecular formula is C22H23ClN4O3. The summed E-state index contributed by atoms with van der Waals surface area (Å²) in [6.45, 7) is 5.87. The molecule has 2 aromatic carbocycles. The Bertz CT molecular complexity index is 1020. The van der Waals surface area contributed by atoms with Crippen molar-refractivity contribution in [3.63, 3.8) is 0 Å². The summed E-state index contributed by atoms with van der Waals surface area (Å²) in [5.74, 6) is 0.294. The number of nitrogens with zero attached hydrogens (tertiary/aromatic N) is 2. The Morgan fingerprint density at radius 3 is 2.30 bits per heavy atom. The van der Waals surface area contributed by atoms with Crippen molar-refractivity contribution >= 4 is 35.1 Å². The minimum atomic E-state index is -0.584. The summed E-state index contributed by atoms with van der Waals surface area (Å²) < 4.78 is 6.91. The molecule has 0 atom stereocenters. The fourth-order valence-corrected chi connectivity index (χ4v) is 2.77. The molecule has 0 fully saturated rings. The molecule has 156 valence electrons. The van der Waals surface area contributed by atoms with Crippen LogP contribution in [0, 0.1) is 0 Å². The van der Waals surface area contributed by atoms with Crippen LogP contribution in [0.3, 0.4) is 0 Å². The van der Waals surface area contributed by atoms with E-state index in [1.54, 1.807) is 62.0 Å².